The first-order valence-electron chi connectivity index (χ1n) is 10.4. The number of aromatic nitrogens is 2. The molecule has 1 saturated heterocycles. The lowest BCUT2D eigenvalue weighted by Gasteiger charge is -2.36. The van der Waals surface area contributed by atoms with Crippen molar-refractivity contribution in [1.82, 2.24) is 19.8 Å². The van der Waals surface area contributed by atoms with Crippen molar-refractivity contribution in [2.45, 2.75) is 26.2 Å². The summed E-state index contributed by atoms with van der Waals surface area (Å²) < 4.78 is 0. The fourth-order valence-electron chi connectivity index (χ4n) is 3.51. The second-order valence-corrected chi connectivity index (χ2v) is 7.77. The molecule has 7 nitrogen and oxygen atoms in total. The highest BCUT2D eigenvalue weighted by molar-refractivity contribution is 6.30. The molecule has 0 saturated carbocycles. The van der Waals surface area contributed by atoms with Gasteiger partial charge >= 0.3 is 0 Å². The molecule has 3 rings (SSSR count). The Morgan fingerprint density at radius 1 is 1.13 bits per heavy atom. The summed E-state index contributed by atoms with van der Waals surface area (Å²) >= 11 is 6.09. The third-order valence-electron chi connectivity index (χ3n) is 5.25. The first kappa shape index (κ1) is 22.0. The minimum atomic E-state index is -0.171. The van der Waals surface area contributed by atoms with Gasteiger partial charge in [-0.05, 0) is 24.6 Å². The van der Waals surface area contributed by atoms with Gasteiger partial charge in [-0.2, -0.15) is 0 Å². The molecule has 160 valence electrons. The van der Waals surface area contributed by atoms with E-state index in [-0.39, 0.29) is 11.8 Å². The number of amides is 2. The average molecular weight is 430 g/mol. The molecular formula is C22H28ClN5O2. The molecular weight excluding hydrogens is 402 g/mol. The Morgan fingerprint density at radius 3 is 2.60 bits per heavy atom. The van der Waals surface area contributed by atoms with Crippen molar-refractivity contribution in [3.63, 3.8) is 0 Å². The molecule has 2 amide bonds. The van der Waals surface area contributed by atoms with Crippen molar-refractivity contribution in [3.05, 3.63) is 53.6 Å². The van der Waals surface area contributed by atoms with E-state index in [9.17, 15) is 9.59 Å². The van der Waals surface area contributed by atoms with Crippen LogP contribution in [0.3, 0.4) is 0 Å². The summed E-state index contributed by atoms with van der Waals surface area (Å²) in [6.07, 6.45) is 6.70. The van der Waals surface area contributed by atoms with E-state index >= 15 is 0 Å². The van der Waals surface area contributed by atoms with E-state index in [1.165, 1.54) is 12.4 Å². The van der Waals surface area contributed by atoms with Gasteiger partial charge in [-0.25, -0.2) is 4.98 Å². The number of hydrogen-bond donors (Lipinski definition) is 0. The summed E-state index contributed by atoms with van der Waals surface area (Å²) in [5.41, 5.74) is 1.39. The van der Waals surface area contributed by atoms with Crippen molar-refractivity contribution in [3.8, 4) is 0 Å². The first-order chi connectivity index (χ1) is 14.6. The maximum absolute atomic E-state index is 12.8. The number of carbonyl (C=O) groups excluding carboxylic acids is 2. The van der Waals surface area contributed by atoms with Gasteiger partial charge in [0.1, 0.15) is 5.69 Å². The first-order valence-corrected chi connectivity index (χ1v) is 10.8. The lowest BCUT2D eigenvalue weighted by Crippen LogP contribution is -2.49. The van der Waals surface area contributed by atoms with E-state index in [0.717, 1.165) is 31.6 Å². The zero-order chi connectivity index (χ0) is 21.3. The summed E-state index contributed by atoms with van der Waals surface area (Å²) in [4.78, 5) is 39.4. The molecule has 30 heavy (non-hydrogen) atoms. The maximum Gasteiger partial charge on any atom is 0.274 e. The maximum atomic E-state index is 12.8. The van der Waals surface area contributed by atoms with E-state index in [1.807, 2.05) is 29.2 Å². The van der Waals surface area contributed by atoms with Crippen molar-refractivity contribution in [2.75, 3.05) is 44.2 Å². The standard InChI is InChI=1S/C22H28ClN5O2/c1-2-3-10-28(22(30)20-17-24-8-9-25-20)11-7-21(29)27-14-12-26(13-15-27)19-6-4-5-18(23)16-19/h4-6,8-9,16-17H,2-3,7,10-15H2,1H3. The van der Waals surface area contributed by atoms with Gasteiger partial charge in [0, 0.05) is 68.8 Å². The predicted octanol–water partition coefficient (Wildman–Crippen LogP) is 3.11. The summed E-state index contributed by atoms with van der Waals surface area (Å²) in [7, 11) is 0. The summed E-state index contributed by atoms with van der Waals surface area (Å²) in [6.45, 7) is 5.95. The number of benzene rings is 1. The molecule has 1 aliphatic heterocycles. The Balaban J connectivity index is 1.52. The van der Waals surface area contributed by atoms with Crippen LogP contribution in [0.1, 0.15) is 36.7 Å². The normalized spacial score (nSPS) is 13.9. The molecule has 0 aliphatic carbocycles. The minimum absolute atomic E-state index is 0.0780. The monoisotopic (exact) mass is 429 g/mol. The van der Waals surface area contributed by atoms with E-state index < -0.39 is 0 Å². The molecule has 1 fully saturated rings. The van der Waals surface area contributed by atoms with Crippen molar-refractivity contribution < 1.29 is 9.59 Å². The van der Waals surface area contributed by atoms with Crippen LogP contribution in [0.25, 0.3) is 0 Å². The van der Waals surface area contributed by atoms with Crippen LogP contribution < -0.4 is 4.90 Å². The van der Waals surface area contributed by atoms with Crippen LogP contribution in [0.5, 0.6) is 0 Å². The third kappa shape index (κ3) is 5.92. The minimum Gasteiger partial charge on any atom is -0.368 e. The number of piperazine rings is 1. The van der Waals surface area contributed by atoms with Gasteiger partial charge in [0.15, 0.2) is 0 Å². The molecule has 0 spiro atoms. The van der Waals surface area contributed by atoms with E-state index in [4.69, 9.17) is 11.6 Å². The summed E-state index contributed by atoms with van der Waals surface area (Å²) in [5, 5.41) is 0.714. The molecule has 2 aromatic rings. The molecule has 0 atom stereocenters. The van der Waals surface area contributed by atoms with Gasteiger partial charge < -0.3 is 14.7 Å². The molecule has 2 heterocycles. The smallest absolute Gasteiger partial charge is 0.274 e. The topological polar surface area (TPSA) is 69.6 Å². The van der Waals surface area contributed by atoms with E-state index in [2.05, 4.69) is 21.8 Å². The van der Waals surface area contributed by atoms with Crippen LogP contribution in [0.4, 0.5) is 5.69 Å². The highest BCUT2D eigenvalue weighted by Crippen LogP contribution is 2.21. The number of halogens is 1. The van der Waals surface area contributed by atoms with Gasteiger partial charge in [0.25, 0.3) is 5.91 Å². The number of carbonyl (C=O) groups is 2. The molecule has 1 aromatic carbocycles. The lowest BCUT2D eigenvalue weighted by atomic mass is 10.2. The van der Waals surface area contributed by atoms with Crippen LogP contribution in [0.15, 0.2) is 42.9 Å². The molecule has 0 bridgehead atoms. The fraction of sp³-hybridized carbons (Fsp3) is 0.455. The molecule has 0 N–H and O–H groups in total. The van der Waals surface area contributed by atoms with Crippen LogP contribution in [-0.2, 0) is 4.79 Å². The lowest BCUT2D eigenvalue weighted by molar-refractivity contribution is -0.131. The largest absolute Gasteiger partial charge is 0.368 e. The predicted molar refractivity (Wildman–Crippen MR) is 118 cm³/mol. The van der Waals surface area contributed by atoms with Gasteiger partial charge in [-0.1, -0.05) is 31.0 Å². The Morgan fingerprint density at radius 2 is 1.93 bits per heavy atom. The second-order valence-electron chi connectivity index (χ2n) is 7.33. The highest BCUT2D eigenvalue weighted by Gasteiger charge is 2.23. The van der Waals surface area contributed by atoms with Gasteiger partial charge in [-0.3, -0.25) is 14.6 Å². The number of anilines is 1. The highest BCUT2D eigenvalue weighted by atomic mass is 35.5. The zero-order valence-corrected chi connectivity index (χ0v) is 18.1. The second kappa shape index (κ2) is 10.9. The summed E-state index contributed by atoms with van der Waals surface area (Å²) in [5.74, 6) is -0.0932. The summed E-state index contributed by atoms with van der Waals surface area (Å²) in [6, 6.07) is 7.78. The van der Waals surface area contributed by atoms with Crippen molar-refractivity contribution in [1.29, 1.82) is 0 Å². The number of nitrogens with zero attached hydrogens (tertiary/aromatic N) is 5. The van der Waals surface area contributed by atoms with Crippen LogP contribution >= 0.6 is 11.6 Å². The Bertz CT molecular complexity index is 840. The third-order valence-corrected chi connectivity index (χ3v) is 5.49. The van der Waals surface area contributed by atoms with Crippen LogP contribution in [0, 0.1) is 0 Å². The number of rotatable bonds is 8. The zero-order valence-electron chi connectivity index (χ0n) is 17.3. The number of hydrogen-bond acceptors (Lipinski definition) is 5. The number of unbranched alkanes of at least 4 members (excludes halogenated alkanes) is 1. The van der Waals surface area contributed by atoms with Crippen molar-refractivity contribution >= 4 is 29.1 Å². The quantitative estimate of drug-likeness (QED) is 0.644. The van der Waals surface area contributed by atoms with E-state index in [1.54, 1.807) is 11.1 Å². The fourth-order valence-corrected chi connectivity index (χ4v) is 3.70. The van der Waals surface area contributed by atoms with Crippen molar-refractivity contribution in [2.24, 2.45) is 0 Å². The van der Waals surface area contributed by atoms with E-state index in [0.29, 0.717) is 43.3 Å². The Hall–Kier alpha value is -2.67. The van der Waals surface area contributed by atoms with Crippen LogP contribution in [0.2, 0.25) is 5.02 Å². The average Bonchev–Trinajstić information content (AvgIpc) is 2.79. The Kier molecular flexibility index (Phi) is 8.02. The molecule has 1 aliphatic rings. The van der Waals surface area contributed by atoms with Gasteiger partial charge in [0.2, 0.25) is 5.91 Å². The molecule has 8 heteroatoms. The molecule has 1 aromatic heterocycles. The Labute approximate surface area is 182 Å². The van der Waals surface area contributed by atoms with Gasteiger partial charge in [0.05, 0.1) is 6.20 Å². The SMILES string of the molecule is CCCCN(CCC(=O)N1CCN(c2cccc(Cl)c2)CC1)C(=O)c1cnccn1. The molecule has 0 unspecified atom stereocenters. The van der Waals surface area contributed by atoms with Gasteiger partial charge in [-0.15, -0.1) is 0 Å². The molecule has 0 radical (unpaired) electrons. The van der Waals surface area contributed by atoms with Crippen LogP contribution in [-0.4, -0.2) is 70.9 Å².